The van der Waals surface area contributed by atoms with Gasteiger partial charge in [0.25, 0.3) is 0 Å². The predicted molar refractivity (Wildman–Crippen MR) is 63.1 cm³/mol. The molecule has 0 radical (unpaired) electrons. The summed E-state index contributed by atoms with van der Waals surface area (Å²) in [7, 11) is 0. The normalized spacial score (nSPS) is 12.7. The van der Waals surface area contributed by atoms with E-state index in [2.05, 4.69) is 21.7 Å². The molecule has 0 amide bonds. The van der Waals surface area contributed by atoms with Crippen LogP contribution in [0.15, 0.2) is 36.5 Å². The van der Waals surface area contributed by atoms with Crippen molar-refractivity contribution in [3.8, 4) is 0 Å². The van der Waals surface area contributed by atoms with E-state index >= 15 is 0 Å². The third-order valence-electron chi connectivity index (χ3n) is 2.62. The van der Waals surface area contributed by atoms with Crippen LogP contribution in [0.4, 0.5) is 0 Å². The smallest absolute Gasteiger partial charge is 0.106 e. The summed E-state index contributed by atoms with van der Waals surface area (Å²) in [5, 5.41) is 9.45. The highest BCUT2D eigenvalue weighted by molar-refractivity contribution is 5.16. The van der Waals surface area contributed by atoms with Crippen molar-refractivity contribution in [3.05, 3.63) is 53.6 Å². The number of aromatic nitrogens is 2. The van der Waals surface area contributed by atoms with Gasteiger partial charge in [0.05, 0.1) is 11.8 Å². The van der Waals surface area contributed by atoms with Crippen LogP contribution in [0.5, 0.6) is 0 Å². The maximum absolute atomic E-state index is 9.45. The topological polar surface area (TPSA) is 38.1 Å². The van der Waals surface area contributed by atoms with Gasteiger partial charge in [0, 0.05) is 12.7 Å². The quantitative estimate of drug-likeness (QED) is 0.854. The van der Waals surface area contributed by atoms with E-state index in [1.54, 1.807) is 6.92 Å². The number of rotatable bonds is 3. The molecule has 2 aromatic rings. The molecule has 0 spiro atoms. The van der Waals surface area contributed by atoms with E-state index in [4.69, 9.17) is 0 Å². The standard InChI is InChI=1S/C13H16N2O/c1-10(16)13-9-15(11(2)14-13)8-12-6-4-3-5-7-12/h3-7,9-10,16H,8H2,1-2H3. The molecule has 1 aromatic carbocycles. The monoisotopic (exact) mass is 216 g/mol. The Balaban J connectivity index is 2.22. The van der Waals surface area contributed by atoms with Crippen LogP contribution >= 0.6 is 0 Å². The highest BCUT2D eigenvalue weighted by Crippen LogP contribution is 2.13. The Labute approximate surface area is 95.4 Å². The van der Waals surface area contributed by atoms with E-state index < -0.39 is 6.10 Å². The lowest BCUT2D eigenvalue weighted by atomic mass is 10.2. The zero-order valence-electron chi connectivity index (χ0n) is 9.59. The lowest BCUT2D eigenvalue weighted by molar-refractivity contribution is 0.194. The minimum atomic E-state index is -0.504. The first-order valence-electron chi connectivity index (χ1n) is 5.42. The second-order valence-corrected chi connectivity index (χ2v) is 4.00. The number of aliphatic hydroxyl groups is 1. The van der Waals surface area contributed by atoms with Crippen molar-refractivity contribution in [2.24, 2.45) is 0 Å². The molecular weight excluding hydrogens is 200 g/mol. The maximum atomic E-state index is 9.45. The molecule has 84 valence electrons. The zero-order chi connectivity index (χ0) is 11.5. The van der Waals surface area contributed by atoms with Crippen molar-refractivity contribution in [2.75, 3.05) is 0 Å². The molecule has 0 aliphatic rings. The molecule has 1 heterocycles. The van der Waals surface area contributed by atoms with Gasteiger partial charge in [0.1, 0.15) is 5.82 Å². The molecule has 1 aromatic heterocycles. The summed E-state index contributed by atoms with van der Waals surface area (Å²) >= 11 is 0. The highest BCUT2D eigenvalue weighted by Gasteiger charge is 2.08. The summed E-state index contributed by atoms with van der Waals surface area (Å²) in [5.41, 5.74) is 1.97. The number of imidazole rings is 1. The molecule has 0 aliphatic carbocycles. The number of aryl methyl sites for hydroxylation is 1. The molecule has 0 saturated heterocycles. The van der Waals surface area contributed by atoms with E-state index in [0.717, 1.165) is 18.1 Å². The predicted octanol–water partition coefficient (Wildman–Crippen LogP) is 2.29. The number of benzene rings is 1. The van der Waals surface area contributed by atoms with Gasteiger partial charge in [-0.25, -0.2) is 4.98 Å². The number of hydrogen-bond acceptors (Lipinski definition) is 2. The van der Waals surface area contributed by atoms with Crippen molar-refractivity contribution >= 4 is 0 Å². The van der Waals surface area contributed by atoms with Gasteiger partial charge in [-0.15, -0.1) is 0 Å². The van der Waals surface area contributed by atoms with Gasteiger partial charge in [-0.1, -0.05) is 30.3 Å². The molecule has 0 fully saturated rings. The van der Waals surface area contributed by atoms with E-state index in [1.165, 1.54) is 5.56 Å². The van der Waals surface area contributed by atoms with Gasteiger partial charge in [-0.05, 0) is 19.4 Å². The SMILES string of the molecule is Cc1nc(C(C)O)cn1Cc1ccccc1. The van der Waals surface area contributed by atoms with Crippen molar-refractivity contribution in [1.29, 1.82) is 0 Å². The average molecular weight is 216 g/mol. The van der Waals surface area contributed by atoms with Gasteiger partial charge in [0.2, 0.25) is 0 Å². The largest absolute Gasteiger partial charge is 0.387 e. The Kier molecular flexibility index (Phi) is 3.06. The van der Waals surface area contributed by atoms with Crippen LogP contribution in [0.25, 0.3) is 0 Å². The van der Waals surface area contributed by atoms with Crippen molar-refractivity contribution < 1.29 is 5.11 Å². The number of nitrogens with zero attached hydrogens (tertiary/aromatic N) is 2. The van der Waals surface area contributed by atoms with E-state index in [-0.39, 0.29) is 0 Å². The van der Waals surface area contributed by atoms with Crippen LogP contribution in [-0.4, -0.2) is 14.7 Å². The lowest BCUT2D eigenvalue weighted by Gasteiger charge is -2.04. The van der Waals surface area contributed by atoms with Gasteiger partial charge >= 0.3 is 0 Å². The minimum absolute atomic E-state index is 0.504. The van der Waals surface area contributed by atoms with E-state index in [9.17, 15) is 5.11 Å². The molecule has 0 bridgehead atoms. The minimum Gasteiger partial charge on any atom is -0.387 e. The van der Waals surface area contributed by atoms with Crippen LogP contribution in [0.1, 0.15) is 30.1 Å². The number of hydrogen-bond donors (Lipinski definition) is 1. The molecule has 1 N–H and O–H groups in total. The summed E-state index contributed by atoms with van der Waals surface area (Å²) < 4.78 is 2.05. The summed E-state index contributed by atoms with van der Waals surface area (Å²) in [6, 6.07) is 10.2. The maximum Gasteiger partial charge on any atom is 0.106 e. The van der Waals surface area contributed by atoms with Crippen LogP contribution < -0.4 is 0 Å². The first-order chi connectivity index (χ1) is 7.66. The van der Waals surface area contributed by atoms with Crippen molar-refractivity contribution in [2.45, 2.75) is 26.5 Å². The average Bonchev–Trinajstić information content (AvgIpc) is 2.62. The summed E-state index contributed by atoms with van der Waals surface area (Å²) in [5.74, 6) is 0.930. The fourth-order valence-electron chi connectivity index (χ4n) is 1.67. The first kappa shape index (κ1) is 10.9. The molecule has 16 heavy (non-hydrogen) atoms. The highest BCUT2D eigenvalue weighted by atomic mass is 16.3. The van der Waals surface area contributed by atoms with Crippen LogP contribution in [0.3, 0.4) is 0 Å². The second-order valence-electron chi connectivity index (χ2n) is 4.00. The third-order valence-corrected chi connectivity index (χ3v) is 2.62. The van der Waals surface area contributed by atoms with Gasteiger partial charge in [-0.3, -0.25) is 0 Å². The van der Waals surface area contributed by atoms with Gasteiger partial charge < -0.3 is 9.67 Å². The van der Waals surface area contributed by atoms with Gasteiger partial charge in [-0.2, -0.15) is 0 Å². The number of aliphatic hydroxyl groups excluding tert-OH is 1. The summed E-state index contributed by atoms with van der Waals surface area (Å²) in [6.45, 7) is 4.48. The van der Waals surface area contributed by atoms with Crippen LogP contribution in [-0.2, 0) is 6.54 Å². The van der Waals surface area contributed by atoms with Crippen LogP contribution in [0, 0.1) is 6.92 Å². The summed E-state index contributed by atoms with van der Waals surface area (Å²) in [4.78, 5) is 4.32. The molecule has 1 unspecified atom stereocenters. The first-order valence-corrected chi connectivity index (χ1v) is 5.42. The Morgan fingerprint density at radius 3 is 2.56 bits per heavy atom. The zero-order valence-corrected chi connectivity index (χ0v) is 9.59. The molecule has 2 rings (SSSR count). The Hall–Kier alpha value is -1.61. The lowest BCUT2D eigenvalue weighted by Crippen LogP contribution is -2.00. The molecular formula is C13H16N2O. The van der Waals surface area contributed by atoms with E-state index in [0.29, 0.717) is 0 Å². The Morgan fingerprint density at radius 1 is 1.31 bits per heavy atom. The molecule has 0 saturated carbocycles. The van der Waals surface area contributed by atoms with Crippen LogP contribution in [0.2, 0.25) is 0 Å². The third kappa shape index (κ3) is 2.31. The Bertz CT molecular complexity index is 460. The van der Waals surface area contributed by atoms with E-state index in [1.807, 2.05) is 31.3 Å². The van der Waals surface area contributed by atoms with Crippen molar-refractivity contribution in [3.63, 3.8) is 0 Å². The molecule has 0 aliphatic heterocycles. The fourth-order valence-corrected chi connectivity index (χ4v) is 1.67. The fraction of sp³-hybridized carbons (Fsp3) is 0.308. The molecule has 1 atom stereocenters. The second kappa shape index (κ2) is 4.49. The molecule has 3 heteroatoms. The summed E-state index contributed by atoms with van der Waals surface area (Å²) in [6.07, 6.45) is 1.41. The van der Waals surface area contributed by atoms with Gasteiger partial charge in [0.15, 0.2) is 0 Å². The molecule has 3 nitrogen and oxygen atoms in total. The Morgan fingerprint density at radius 2 is 2.00 bits per heavy atom. The van der Waals surface area contributed by atoms with Crippen molar-refractivity contribution in [1.82, 2.24) is 9.55 Å².